The first-order chi connectivity index (χ1) is 9.11. The fraction of sp³-hybridized carbons (Fsp3) is 0.154. The van der Waals surface area contributed by atoms with Crippen LogP contribution in [0.3, 0.4) is 0 Å². The van der Waals surface area contributed by atoms with Gasteiger partial charge in [-0.25, -0.2) is 8.78 Å². The number of nitrogens with zero attached hydrogens (tertiary/aromatic N) is 1. The SMILES string of the molecule is NNC(Cc1ccc(Br)cc1F)c1ncccc1F. The van der Waals surface area contributed by atoms with Gasteiger partial charge < -0.3 is 0 Å². The molecule has 1 heterocycles. The zero-order valence-electron chi connectivity index (χ0n) is 9.91. The fourth-order valence-electron chi connectivity index (χ4n) is 1.80. The van der Waals surface area contributed by atoms with Gasteiger partial charge in [0.1, 0.15) is 11.6 Å². The van der Waals surface area contributed by atoms with Gasteiger partial charge in [-0.05, 0) is 36.2 Å². The van der Waals surface area contributed by atoms with Gasteiger partial charge in [0.15, 0.2) is 0 Å². The van der Waals surface area contributed by atoms with Crippen molar-refractivity contribution in [3.63, 3.8) is 0 Å². The van der Waals surface area contributed by atoms with E-state index in [0.717, 1.165) is 0 Å². The van der Waals surface area contributed by atoms with Gasteiger partial charge in [0.05, 0.1) is 11.7 Å². The lowest BCUT2D eigenvalue weighted by Crippen LogP contribution is -2.31. The molecule has 19 heavy (non-hydrogen) atoms. The van der Waals surface area contributed by atoms with Crippen LogP contribution in [0.1, 0.15) is 17.3 Å². The van der Waals surface area contributed by atoms with Gasteiger partial charge in [0.25, 0.3) is 0 Å². The molecule has 0 bridgehead atoms. The number of hydrogen-bond acceptors (Lipinski definition) is 3. The highest BCUT2D eigenvalue weighted by Crippen LogP contribution is 2.22. The Kier molecular flexibility index (Phi) is 4.57. The monoisotopic (exact) mass is 327 g/mol. The van der Waals surface area contributed by atoms with Gasteiger partial charge in [-0.1, -0.05) is 22.0 Å². The summed E-state index contributed by atoms with van der Waals surface area (Å²) in [4.78, 5) is 3.94. The lowest BCUT2D eigenvalue weighted by atomic mass is 10.0. The summed E-state index contributed by atoms with van der Waals surface area (Å²) in [7, 11) is 0. The van der Waals surface area contributed by atoms with E-state index >= 15 is 0 Å². The minimum absolute atomic E-state index is 0.173. The van der Waals surface area contributed by atoms with Crippen LogP contribution in [-0.4, -0.2) is 4.98 Å². The molecule has 0 saturated heterocycles. The smallest absolute Gasteiger partial charge is 0.146 e. The van der Waals surface area contributed by atoms with Gasteiger partial charge in [-0.15, -0.1) is 0 Å². The van der Waals surface area contributed by atoms with E-state index in [4.69, 9.17) is 5.84 Å². The second-order valence-corrected chi connectivity index (χ2v) is 4.95. The van der Waals surface area contributed by atoms with Crippen molar-refractivity contribution in [3.05, 3.63) is 63.9 Å². The van der Waals surface area contributed by atoms with Crippen LogP contribution in [0.25, 0.3) is 0 Å². The summed E-state index contributed by atoms with van der Waals surface area (Å²) >= 11 is 3.18. The molecule has 100 valence electrons. The molecular formula is C13H12BrF2N3. The Morgan fingerprint density at radius 1 is 1.26 bits per heavy atom. The van der Waals surface area contributed by atoms with Crippen LogP contribution in [0.5, 0.6) is 0 Å². The standard InChI is InChI=1S/C13H12BrF2N3/c14-9-4-3-8(11(16)7-9)6-12(19-17)13-10(15)2-1-5-18-13/h1-5,7,12,19H,6,17H2. The first-order valence-electron chi connectivity index (χ1n) is 5.62. The Morgan fingerprint density at radius 3 is 2.68 bits per heavy atom. The van der Waals surface area contributed by atoms with E-state index in [2.05, 4.69) is 26.3 Å². The zero-order valence-corrected chi connectivity index (χ0v) is 11.5. The first kappa shape index (κ1) is 14.0. The lowest BCUT2D eigenvalue weighted by molar-refractivity contribution is 0.484. The molecule has 6 heteroatoms. The molecule has 0 aliphatic heterocycles. The van der Waals surface area contributed by atoms with Crippen molar-refractivity contribution < 1.29 is 8.78 Å². The molecule has 0 saturated carbocycles. The molecule has 3 nitrogen and oxygen atoms in total. The number of pyridine rings is 1. The van der Waals surface area contributed by atoms with E-state index in [1.165, 1.54) is 24.4 Å². The molecule has 0 aliphatic carbocycles. The van der Waals surface area contributed by atoms with Crippen LogP contribution in [0.4, 0.5) is 8.78 Å². The first-order valence-corrected chi connectivity index (χ1v) is 6.41. The van der Waals surface area contributed by atoms with E-state index in [-0.39, 0.29) is 17.9 Å². The number of hydrazine groups is 1. The van der Waals surface area contributed by atoms with E-state index < -0.39 is 11.9 Å². The summed E-state index contributed by atoms with van der Waals surface area (Å²) in [5.41, 5.74) is 3.08. The van der Waals surface area contributed by atoms with E-state index in [1.54, 1.807) is 12.1 Å². The molecule has 0 fully saturated rings. The van der Waals surface area contributed by atoms with Gasteiger partial charge in [0, 0.05) is 10.7 Å². The summed E-state index contributed by atoms with van der Waals surface area (Å²) in [6.07, 6.45) is 1.68. The highest BCUT2D eigenvalue weighted by atomic mass is 79.9. The van der Waals surface area contributed by atoms with Gasteiger partial charge in [-0.3, -0.25) is 16.3 Å². The van der Waals surface area contributed by atoms with Gasteiger partial charge in [-0.2, -0.15) is 0 Å². The van der Waals surface area contributed by atoms with Crippen LogP contribution in [0.2, 0.25) is 0 Å². The minimum atomic E-state index is -0.586. The highest BCUT2D eigenvalue weighted by Gasteiger charge is 2.18. The van der Waals surface area contributed by atoms with E-state index in [9.17, 15) is 8.78 Å². The topological polar surface area (TPSA) is 50.9 Å². The minimum Gasteiger partial charge on any atom is -0.271 e. The summed E-state index contributed by atoms with van der Waals surface area (Å²) in [6.45, 7) is 0. The van der Waals surface area contributed by atoms with Crippen molar-refractivity contribution in [2.45, 2.75) is 12.5 Å². The third-order valence-electron chi connectivity index (χ3n) is 2.76. The van der Waals surface area contributed by atoms with Crippen LogP contribution in [-0.2, 0) is 6.42 Å². The van der Waals surface area contributed by atoms with Crippen LogP contribution >= 0.6 is 15.9 Å². The maximum absolute atomic E-state index is 13.8. The van der Waals surface area contributed by atoms with Crippen LogP contribution < -0.4 is 11.3 Å². The molecule has 0 radical (unpaired) electrons. The van der Waals surface area contributed by atoms with Gasteiger partial charge >= 0.3 is 0 Å². The normalized spacial score (nSPS) is 12.4. The molecule has 1 atom stereocenters. The fourth-order valence-corrected chi connectivity index (χ4v) is 2.13. The number of benzene rings is 1. The molecule has 1 aromatic heterocycles. The molecule has 0 spiro atoms. The summed E-state index contributed by atoms with van der Waals surface area (Å²) < 4.78 is 28.0. The maximum Gasteiger partial charge on any atom is 0.146 e. The van der Waals surface area contributed by atoms with Crippen molar-refractivity contribution in [2.75, 3.05) is 0 Å². The van der Waals surface area contributed by atoms with E-state index in [0.29, 0.717) is 10.0 Å². The predicted molar refractivity (Wildman–Crippen MR) is 72.1 cm³/mol. The Bertz CT molecular complexity index is 578. The third kappa shape index (κ3) is 3.34. The molecule has 2 rings (SSSR count). The predicted octanol–water partition coefficient (Wildman–Crippen LogP) is 2.87. The number of hydrogen-bond donors (Lipinski definition) is 2. The quantitative estimate of drug-likeness (QED) is 0.670. The highest BCUT2D eigenvalue weighted by molar-refractivity contribution is 9.10. The Morgan fingerprint density at radius 2 is 2.05 bits per heavy atom. The van der Waals surface area contributed by atoms with Crippen molar-refractivity contribution in [1.29, 1.82) is 0 Å². The molecule has 0 amide bonds. The Balaban J connectivity index is 2.27. The summed E-state index contributed by atoms with van der Waals surface area (Å²) in [6, 6.07) is 6.91. The van der Waals surface area contributed by atoms with Crippen molar-refractivity contribution >= 4 is 15.9 Å². The average Bonchev–Trinajstić information content (AvgIpc) is 2.39. The maximum atomic E-state index is 13.8. The van der Waals surface area contributed by atoms with E-state index in [1.807, 2.05) is 0 Å². The molecule has 3 N–H and O–H groups in total. The van der Waals surface area contributed by atoms with Crippen molar-refractivity contribution in [2.24, 2.45) is 5.84 Å². The number of nitrogens with one attached hydrogen (secondary N) is 1. The second-order valence-electron chi connectivity index (χ2n) is 4.03. The van der Waals surface area contributed by atoms with Crippen molar-refractivity contribution in [1.82, 2.24) is 10.4 Å². The molecule has 2 aromatic rings. The Hall–Kier alpha value is -1.37. The van der Waals surface area contributed by atoms with Crippen LogP contribution in [0.15, 0.2) is 41.0 Å². The summed E-state index contributed by atoms with van der Waals surface area (Å²) in [5, 5.41) is 0. The largest absolute Gasteiger partial charge is 0.271 e. The number of halogens is 3. The second kappa shape index (κ2) is 6.18. The molecule has 1 unspecified atom stereocenters. The molecular weight excluding hydrogens is 316 g/mol. The average molecular weight is 328 g/mol. The molecule has 0 aliphatic rings. The third-order valence-corrected chi connectivity index (χ3v) is 3.25. The number of aromatic nitrogens is 1. The Labute approximate surface area is 117 Å². The van der Waals surface area contributed by atoms with Gasteiger partial charge in [0.2, 0.25) is 0 Å². The zero-order chi connectivity index (χ0) is 13.8. The van der Waals surface area contributed by atoms with Crippen molar-refractivity contribution in [3.8, 4) is 0 Å². The lowest BCUT2D eigenvalue weighted by Gasteiger charge is -2.16. The number of nitrogens with two attached hydrogens (primary N) is 1. The summed E-state index contributed by atoms with van der Waals surface area (Å²) in [5.74, 6) is 4.57. The molecule has 1 aromatic carbocycles. The number of rotatable bonds is 4. The van der Waals surface area contributed by atoms with Crippen LogP contribution in [0, 0.1) is 11.6 Å².